The van der Waals surface area contributed by atoms with E-state index in [-0.39, 0.29) is 5.91 Å². The summed E-state index contributed by atoms with van der Waals surface area (Å²) in [5, 5.41) is 3.64. The molecule has 3 nitrogen and oxygen atoms in total. The normalized spacial score (nSPS) is 10.1. The van der Waals surface area contributed by atoms with Crippen molar-refractivity contribution in [1.82, 2.24) is 0 Å². The minimum absolute atomic E-state index is 0.292. The smallest absolute Gasteiger partial charge is 0.255 e. The molecule has 0 bridgehead atoms. The van der Waals surface area contributed by atoms with Crippen molar-refractivity contribution in [2.24, 2.45) is 0 Å². The van der Waals surface area contributed by atoms with E-state index in [4.69, 9.17) is 27.9 Å². The lowest BCUT2D eigenvalue weighted by Gasteiger charge is -2.10. The predicted octanol–water partition coefficient (Wildman–Crippen LogP) is 5.57. The molecule has 22 heavy (non-hydrogen) atoms. The molecule has 0 aromatic heterocycles. The number of rotatable bonds is 5. The molecule has 1 amide bonds. The van der Waals surface area contributed by atoms with Gasteiger partial charge in [-0.1, -0.05) is 35.9 Å². The van der Waals surface area contributed by atoms with Crippen LogP contribution in [0.3, 0.4) is 0 Å². The van der Waals surface area contributed by atoms with Gasteiger partial charge in [0.1, 0.15) is 12.4 Å². The van der Waals surface area contributed by atoms with Gasteiger partial charge in [0, 0.05) is 10.6 Å². The van der Waals surface area contributed by atoms with Crippen LogP contribution in [0.15, 0.2) is 53.5 Å². The zero-order valence-electron chi connectivity index (χ0n) is 11.4. The summed E-state index contributed by atoms with van der Waals surface area (Å²) >= 11 is 15.3. The zero-order valence-corrected chi connectivity index (χ0v) is 14.5. The lowest BCUT2D eigenvalue weighted by atomic mass is 10.2. The van der Waals surface area contributed by atoms with E-state index < -0.39 is 0 Å². The number of nitrogens with one attached hydrogen (secondary N) is 1. The molecule has 0 heterocycles. The third-order valence-electron chi connectivity index (χ3n) is 2.73. The highest BCUT2D eigenvalue weighted by Crippen LogP contribution is 2.28. The summed E-state index contributed by atoms with van der Waals surface area (Å²) in [7, 11) is 0. The van der Waals surface area contributed by atoms with Crippen molar-refractivity contribution < 1.29 is 9.53 Å². The lowest BCUT2D eigenvalue weighted by Crippen LogP contribution is -2.12. The Kier molecular flexibility index (Phi) is 5.89. The van der Waals surface area contributed by atoms with Crippen LogP contribution in [0, 0.1) is 0 Å². The van der Waals surface area contributed by atoms with Gasteiger partial charge in [-0.3, -0.25) is 4.79 Å². The molecule has 0 aliphatic heterocycles. The van der Waals surface area contributed by atoms with Crippen molar-refractivity contribution in [3.8, 4) is 5.75 Å². The first-order valence-corrected chi connectivity index (χ1v) is 7.86. The van der Waals surface area contributed by atoms with Crippen LogP contribution in [-0.4, -0.2) is 12.5 Å². The summed E-state index contributed by atoms with van der Waals surface area (Å²) in [5.41, 5.74) is 0.927. The Morgan fingerprint density at radius 1 is 1.27 bits per heavy atom. The van der Waals surface area contributed by atoms with Crippen molar-refractivity contribution in [3.05, 3.63) is 69.1 Å². The number of anilines is 1. The van der Waals surface area contributed by atoms with Gasteiger partial charge < -0.3 is 10.1 Å². The van der Waals surface area contributed by atoms with Crippen LogP contribution in [0.2, 0.25) is 10.0 Å². The molecule has 0 saturated heterocycles. The molecule has 2 aromatic carbocycles. The van der Waals surface area contributed by atoms with Crippen molar-refractivity contribution in [2.45, 2.75) is 0 Å². The fraction of sp³-hybridized carbons (Fsp3) is 0.0625. The Balaban J connectivity index is 2.17. The van der Waals surface area contributed by atoms with Crippen molar-refractivity contribution in [1.29, 1.82) is 0 Å². The molecule has 0 aliphatic rings. The SMILES string of the molecule is C=CCOc1ccc(C(=O)Nc2cc(Cl)ccc2Cl)cc1Br. The van der Waals surface area contributed by atoms with Crippen LogP contribution in [0.4, 0.5) is 5.69 Å². The van der Waals surface area contributed by atoms with Crippen molar-refractivity contribution in [2.75, 3.05) is 11.9 Å². The molecule has 0 aliphatic carbocycles. The summed E-state index contributed by atoms with van der Waals surface area (Å²) in [6, 6.07) is 9.92. The van der Waals surface area contributed by atoms with Gasteiger partial charge in [-0.05, 0) is 52.3 Å². The number of carbonyl (C=O) groups excluding carboxylic acids is 1. The number of hydrogen-bond acceptors (Lipinski definition) is 2. The van der Waals surface area contributed by atoms with Gasteiger partial charge in [0.05, 0.1) is 15.2 Å². The van der Waals surface area contributed by atoms with E-state index in [1.165, 1.54) is 0 Å². The molecule has 0 spiro atoms. The molecular formula is C16H12BrCl2NO2. The number of halogens is 3. The van der Waals surface area contributed by atoms with E-state index in [1.54, 1.807) is 42.5 Å². The van der Waals surface area contributed by atoms with Gasteiger partial charge in [0.15, 0.2) is 0 Å². The highest BCUT2D eigenvalue weighted by molar-refractivity contribution is 9.10. The molecular weight excluding hydrogens is 389 g/mol. The molecule has 0 saturated carbocycles. The number of hydrogen-bond donors (Lipinski definition) is 1. The van der Waals surface area contributed by atoms with E-state index >= 15 is 0 Å². The first-order chi connectivity index (χ1) is 10.5. The topological polar surface area (TPSA) is 38.3 Å². The highest BCUT2D eigenvalue weighted by Gasteiger charge is 2.11. The third-order valence-corrected chi connectivity index (χ3v) is 3.91. The van der Waals surface area contributed by atoms with Gasteiger partial charge >= 0.3 is 0 Å². The summed E-state index contributed by atoms with van der Waals surface area (Å²) in [5.74, 6) is 0.345. The Labute approximate surface area is 147 Å². The first-order valence-electron chi connectivity index (χ1n) is 6.31. The molecule has 0 fully saturated rings. The van der Waals surface area contributed by atoms with Gasteiger partial charge in [0.25, 0.3) is 5.91 Å². The van der Waals surface area contributed by atoms with E-state index in [0.29, 0.717) is 38.1 Å². The van der Waals surface area contributed by atoms with E-state index in [1.807, 2.05) is 0 Å². The maximum atomic E-state index is 12.3. The van der Waals surface area contributed by atoms with E-state index in [0.717, 1.165) is 0 Å². The Bertz CT molecular complexity index is 719. The van der Waals surface area contributed by atoms with Gasteiger partial charge in [-0.15, -0.1) is 0 Å². The summed E-state index contributed by atoms with van der Waals surface area (Å²) in [4.78, 5) is 12.3. The maximum absolute atomic E-state index is 12.3. The first kappa shape index (κ1) is 16.9. The quantitative estimate of drug-likeness (QED) is 0.666. The lowest BCUT2D eigenvalue weighted by molar-refractivity contribution is 0.102. The highest BCUT2D eigenvalue weighted by atomic mass is 79.9. The van der Waals surface area contributed by atoms with Crippen LogP contribution >= 0.6 is 39.1 Å². The average Bonchev–Trinajstić information content (AvgIpc) is 2.49. The molecule has 6 heteroatoms. The Morgan fingerprint density at radius 2 is 2.05 bits per heavy atom. The van der Waals surface area contributed by atoms with E-state index in [9.17, 15) is 4.79 Å². The number of amides is 1. The summed E-state index contributed by atoms with van der Waals surface area (Å²) in [6.45, 7) is 3.98. The summed E-state index contributed by atoms with van der Waals surface area (Å²) in [6.07, 6.45) is 1.65. The van der Waals surface area contributed by atoms with Crippen LogP contribution < -0.4 is 10.1 Å². The van der Waals surface area contributed by atoms with Gasteiger partial charge in [0.2, 0.25) is 0 Å². The van der Waals surface area contributed by atoms with Gasteiger partial charge in [-0.2, -0.15) is 0 Å². The Hall–Kier alpha value is -1.49. The third kappa shape index (κ3) is 4.26. The minimum Gasteiger partial charge on any atom is -0.488 e. The second-order valence-corrected chi connectivity index (χ2v) is 6.02. The minimum atomic E-state index is -0.292. The van der Waals surface area contributed by atoms with Crippen LogP contribution in [0.25, 0.3) is 0 Å². The molecule has 0 radical (unpaired) electrons. The monoisotopic (exact) mass is 399 g/mol. The van der Waals surface area contributed by atoms with Crippen LogP contribution in [0.1, 0.15) is 10.4 Å². The zero-order chi connectivity index (χ0) is 16.1. The fourth-order valence-corrected chi connectivity index (χ4v) is 2.53. The molecule has 2 rings (SSSR count). The molecule has 0 unspecified atom stereocenters. The number of ether oxygens (including phenoxy) is 1. The van der Waals surface area contributed by atoms with Crippen molar-refractivity contribution in [3.63, 3.8) is 0 Å². The molecule has 2 aromatic rings. The molecule has 1 N–H and O–H groups in total. The standard InChI is InChI=1S/C16H12BrCl2NO2/c1-2-7-22-15-6-3-10(8-12(15)17)16(21)20-14-9-11(18)4-5-13(14)19/h2-6,8-9H,1,7H2,(H,20,21). The second kappa shape index (κ2) is 7.68. The summed E-state index contributed by atoms with van der Waals surface area (Å²) < 4.78 is 6.12. The van der Waals surface area contributed by atoms with Crippen molar-refractivity contribution >= 4 is 50.7 Å². The molecule has 114 valence electrons. The van der Waals surface area contributed by atoms with Crippen LogP contribution in [0.5, 0.6) is 5.75 Å². The number of benzene rings is 2. The predicted molar refractivity (Wildman–Crippen MR) is 94.2 cm³/mol. The van der Waals surface area contributed by atoms with E-state index in [2.05, 4.69) is 27.8 Å². The second-order valence-electron chi connectivity index (χ2n) is 4.32. The fourth-order valence-electron chi connectivity index (χ4n) is 1.70. The van der Waals surface area contributed by atoms with Gasteiger partial charge in [-0.25, -0.2) is 0 Å². The Morgan fingerprint density at radius 3 is 2.73 bits per heavy atom. The van der Waals surface area contributed by atoms with Crippen LogP contribution in [-0.2, 0) is 0 Å². The average molecular weight is 401 g/mol. The maximum Gasteiger partial charge on any atom is 0.255 e. The molecule has 0 atom stereocenters. The largest absolute Gasteiger partial charge is 0.488 e. The number of carbonyl (C=O) groups is 1.